The zero-order valence-electron chi connectivity index (χ0n) is 14.8. The third kappa shape index (κ3) is 2.99. The lowest BCUT2D eigenvalue weighted by Crippen LogP contribution is -2.28. The topological polar surface area (TPSA) is 99.6 Å². The zero-order valence-corrected chi connectivity index (χ0v) is 16.4. The van der Waals surface area contributed by atoms with Gasteiger partial charge in [-0.25, -0.2) is 18.4 Å². The molecule has 0 spiro atoms. The fourth-order valence-corrected chi connectivity index (χ4v) is 4.08. The molecule has 0 amide bonds. The van der Waals surface area contributed by atoms with Crippen molar-refractivity contribution in [2.75, 3.05) is 12.8 Å². The van der Waals surface area contributed by atoms with Gasteiger partial charge < -0.3 is 10.5 Å². The Labute approximate surface area is 156 Å². The Balaban J connectivity index is 2.32. The van der Waals surface area contributed by atoms with Gasteiger partial charge in [-0.1, -0.05) is 11.6 Å². The minimum absolute atomic E-state index is 0.0902. The standard InChI is InChI=1S/C17H19ClN4O3S/c1-17(2,3)26(23,24)13-9-22-11(8-20-16(22)7-12(13)25-4)10-5-14(18)21-15(19)6-10/h5-9H,1-4H3,(H2,19,21). The van der Waals surface area contributed by atoms with Crippen molar-refractivity contribution in [3.63, 3.8) is 0 Å². The Hall–Kier alpha value is -2.32. The lowest BCUT2D eigenvalue weighted by molar-refractivity contribution is 0.401. The van der Waals surface area contributed by atoms with Crippen molar-refractivity contribution in [2.45, 2.75) is 30.4 Å². The van der Waals surface area contributed by atoms with Gasteiger partial charge in [0.15, 0.2) is 9.84 Å². The molecule has 0 aromatic carbocycles. The summed E-state index contributed by atoms with van der Waals surface area (Å²) in [6.45, 7) is 4.93. The summed E-state index contributed by atoms with van der Waals surface area (Å²) in [6, 6.07) is 4.88. The van der Waals surface area contributed by atoms with Crippen molar-refractivity contribution in [1.82, 2.24) is 14.4 Å². The van der Waals surface area contributed by atoms with Crippen LogP contribution in [0, 0.1) is 0 Å². The second kappa shape index (κ2) is 6.14. The monoisotopic (exact) mass is 394 g/mol. The smallest absolute Gasteiger partial charge is 0.188 e. The summed E-state index contributed by atoms with van der Waals surface area (Å²) in [5.74, 6) is 0.510. The fourth-order valence-electron chi connectivity index (χ4n) is 2.56. The number of nitrogens with two attached hydrogens (primary N) is 1. The number of halogens is 1. The van der Waals surface area contributed by atoms with Crippen molar-refractivity contribution in [3.05, 3.63) is 35.7 Å². The van der Waals surface area contributed by atoms with Crippen LogP contribution < -0.4 is 10.5 Å². The number of fused-ring (bicyclic) bond motifs is 1. The van der Waals surface area contributed by atoms with Crippen molar-refractivity contribution < 1.29 is 13.2 Å². The number of hydrogen-bond donors (Lipinski definition) is 1. The highest BCUT2D eigenvalue weighted by atomic mass is 35.5. The van der Waals surface area contributed by atoms with E-state index in [4.69, 9.17) is 22.1 Å². The molecule has 3 heterocycles. The molecule has 0 atom stereocenters. The highest BCUT2D eigenvalue weighted by Crippen LogP contribution is 2.34. The molecule has 2 N–H and O–H groups in total. The third-order valence-electron chi connectivity index (χ3n) is 4.00. The number of methoxy groups -OCH3 is 1. The molecule has 0 fully saturated rings. The summed E-state index contributed by atoms with van der Waals surface area (Å²) < 4.78 is 32.0. The zero-order chi connectivity index (χ0) is 19.3. The minimum Gasteiger partial charge on any atom is -0.495 e. The lowest BCUT2D eigenvalue weighted by atomic mass is 10.2. The van der Waals surface area contributed by atoms with Gasteiger partial charge >= 0.3 is 0 Å². The highest BCUT2D eigenvalue weighted by Gasteiger charge is 2.34. The Morgan fingerprint density at radius 1 is 1.23 bits per heavy atom. The number of hydrogen-bond acceptors (Lipinski definition) is 6. The molecular formula is C17H19ClN4O3S. The Bertz CT molecular complexity index is 1080. The van der Waals surface area contributed by atoms with Gasteiger partial charge in [0, 0.05) is 17.8 Å². The van der Waals surface area contributed by atoms with Gasteiger partial charge in [0.1, 0.15) is 27.3 Å². The second-order valence-electron chi connectivity index (χ2n) is 6.80. The van der Waals surface area contributed by atoms with Crippen molar-refractivity contribution >= 4 is 32.9 Å². The second-order valence-corrected chi connectivity index (χ2v) is 9.86. The van der Waals surface area contributed by atoms with Crippen LogP contribution in [0.4, 0.5) is 5.82 Å². The van der Waals surface area contributed by atoms with E-state index in [1.165, 1.54) is 13.3 Å². The van der Waals surface area contributed by atoms with E-state index in [0.29, 0.717) is 16.9 Å². The molecule has 3 aromatic rings. The van der Waals surface area contributed by atoms with Gasteiger partial charge in [-0.05, 0) is 32.9 Å². The fraction of sp³-hybridized carbons (Fsp3) is 0.294. The quantitative estimate of drug-likeness (QED) is 0.684. The summed E-state index contributed by atoms with van der Waals surface area (Å²) >= 11 is 5.99. The Morgan fingerprint density at radius 2 is 1.92 bits per heavy atom. The predicted molar refractivity (Wildman–Crippen MR) is 101 cm³/mol. The highest BCUT2D eigenvalue weighted by molar-refractivity contribution is 7.92. The molecule has 9 heteroatoms. The van der Waals surface area contributed by atoms with Gasteiger partial charge in [0.05, 0.1) is 23.7 Å². The number of aromatic nitrogens is 3. The largest absolute Gasteiger partial charge is 0.495 e. The van der Waals surface area contributed by atoms with Gasteiger partial charge in [0.25, 0.3) is 0 Å². The van der Waals surface area contributed by atoms with Crippen LogP contribution in [0.5, 0.6) is 5.75 Å². The van der Waals surface area contributed by atoms with Crippen LogP contribution in [0.1, 0.15) is 20.8 Å². The number of anilines is 1. The number of imidazole rings is 1. The number of sulfone groups is 1. The molecular weight excluding hydrogens is 376 g/mol. The van der Waals surface area contributed by atoms with E-state index in [1.807, 2.05) is 0 Å². The molecule has 0 aliphatic rings. The lowest BCUT2D eigenvalue weighted by Gasteiger charge is -2.21. The molecule has 138 valence electrons. The molecule has 0 aliphatic heterocycles. The number of rotatable bonds is 3. The van der Waals surface area contributed by atoms with E-state index < -0.39 is 14.6 Å². The molecule has 7 nitrogen and oxygen atoms in total. The molecule has 0 bridgehead atoms. The molecule has 0 saturated heterocycles. The average Bonchev–Trinajstić information content (AvgIpc) is 2.94. The number of nitrogen functional groups attached to an aromatic ring is 1. The summed E-state index contributed by atoms with van der Waals surface area (Å²) in [5.41, 5.74) is 7.63. The first-order valence-corrected chi connectivity index (χ1v) is 9.64. The van der Waals surface area contributed by atoms with E-state index >= 15 is 0 Å². The average molecular weight is 395 g/mol. The molecule has 3 aromatic heterocycles. The van der Waals surface area contributed by atoms with Crippen molar-refractivity contribution in [2.24, 2.45) is 0 Å². The third-order valence-corrected chi connectivity index (χ3v) is 6.69. The first kappa shape index (κ1) is 18.5. The van der Waals surface area contributed by atoms with Crippen LogP contribution >= 0.6 is 11.6 Å². The first-order chi connectivity index (χ1) is 12.0. The van der Waals surface area contributed by atoms with Gasteiger partial charge in [-0.2, -0.15) is 0 Å². The summed E-state index contributed by atoms with van der Waals surface area (Å²) in [7, 11) is -2.21. The Kier molecular flexibility index (Phi) is 4.36. The van der Waals surface area contributed by atoms with Crippen molar-refractivity contribution in [1.29, 1.82) is 0 Å². The molecule has 3 rings (SSSR count). The molecule has 0 unspecified atom stereocenters. The molecule has 0 radical (unpaired) electrons. The normalized spacial score (nSPS) is 12.5. The van der Waals surface area contributed by atoms with Gasteiger partial charge in [-0.3, -0.25) is 4.40 Å². The molecule has 0 aliphatic carbocycles. The summed E-state index contributed by atoms with van der Waals surface area (Å²) in [6.07, 6.45) is 3.13. The Morgan fingerprint density at radius 3 is 2.50 bits per heavy atom. The van der Waals surface area contributed by atoms with Crippen LogP contribution in [0.2, 0.25) is 5.15 Å². The van der Waals surface area contributed by atoms with E-state index in [1.54, 1.807) is 49.6 Å². The molecule has 26 heavy (non-hydrogen) atoms. The maximum absolute atomic E-state index is 13.0. The maximum atomic E-state index is 13.0. The minimum atomic E-state index is -3.64. The summed E-state index contributed by atoms with van der Waals surface area (Å²) in [4.78, 5) is 8.36. The number of ether oxygens (including phenoxy) is 1. The van der Waals surface area contributed by atoms with E-state index in [9.17, 15) is 8.42 Å². The number of pyridine rings is 2. The van der Waals surface area contributed by atoms with Gasteiger partial charge in [-0.15, -0.1) is 0 Å². The van der Waals surface area contributed by atoms with Crippen LogP contribution in [-0.4, -0.2) is 34.6 Å². The predicted octanol–water partition coefficient (Wildman–Crippen LogP) is 3.21. The van der Waals surface area contributed by atoms with Crippen LogP contribution in [0.15, 0.2) is 35.5 Å². The van der Waals surface area contributed by atoms with Crippen molar-refractivity contribution in [3.8, 4) is 17.0 Å². The van der Waals surface area contributed by atoms with Crippen LogP contribution in [-0.2, 0) is 9.84 Å². The summed E-state index contributed by atoms with van der Waals surface area (Å²) in [5, 5.41) is 0.242. The first-order valence-electron chi connectivity index (χ1n) is 7.78. The van der Waals surface area contributed by atoms with E-state index in [-0.39, 0.29) is 21.6 Å². The maximum Gasteiger partial charge on any atom is 0.188 e. The SMILES string of the molecule is COc1cc2ncc(-c3cc(N)nc(Cl)c3)n2cc1S(=O)(=O)C(C)(C)C. The van der Waals surface area contributed by atoms with Crippen LogP contribution in [0.25, 0.3) is 16.9 Å². The van der Waals surface area contributed by atoms with E-state index in [2.05, 4.69) is 9.97 Å². The number of nitrogens with zero attached hydrogens (tertiary/aromatic N) is 3. The molecule has 0 saturated carbocycles. The van der Waals surface area contributed by atoms with E-state index in [0.717, 1.165) is 0 Å². The van der Waals surface area contributed by atoms with Gasteiger partial charge in [0.2, 0.25) is 0 Å². The van der Waals surface area contributed by atoms with Crippen LogP contribution in [0.3, 0.4) is 0 Å².